The lowest BCUT2D eigenvalue weighted by molar-refractivity contribution is 0.0761. The Bertz CT molecular complexity index is 1140. The highest BCUT2D eigenvalue weighted by atomic mass is 32.1. The average Bonchev–Trinajstić information content (AvgIpc) is 3.49. The third-order valence-corrected chi connectivity index (χ3v) is 5.51. The van der Waals surface area contributed by atoms with Crippen molar-refractivity contribution in [3.05, 3.63) is 77.9 Å². The first-order chi connectivity index (χ1) is 15.2. The molecule has 8 heteroatoms. The van der Waals surface area contributed by atoms with E-state index in [1.165, 1.54) is 0 Å². The van der Waals surface area contributed by atoms with Crippen molar-refractivity contribution in [3.8, 4) is 27.9 Å². The van der Waals surface area contributed by atoms with Gasteiger partial charge in [-0.1, -0.05) is 36.4 Å². The fourth-order valence-corrected chi connectivity index (χ4v) is 3.72. The minimum atomic E-state index is -0.267. The number of amides is 1. The normalized spacial score (nSPS) is 10.6. The summed E-state index contributed by atoms with van der Waals surface area (Å²) < 4.78 is 12.8. The molecule has 0 radical (unpaired) electrons. The Morgan fingerprint density at radius 3 is 2.48 bits per heavy atom. The monoisotopic (exact) mass is 434 g/mol. The first-order valence-corrected chi connectivity index (χ1v) is 10.6. The summed E-state index contributed by atoms with van der Waals surface area (Å²) >= 11 is 1.55. The van der Waals surface area contributed by atoms with Gasteiger partial charge in [0.1, 0.15) is 6.61 Å². The molecule has 2 aromatic heterocycles. The third kappa shape index (κ3) is 4.59. The largest absolute Gasteiger partial charge is 0.493 e. The number of thiophene rings is 1. The van der Waals surface area contributed by atoms with Crippen molar-refractivity contribution in [2.45, 2.75) is 0 Å². The lowest BCUT2D eigenvalue weighted by Crippen LogP contribution is -2.31. The smallest absolute Gasteiger partial charge is 0.293 e. The van der Waals surface area contributed by atoms with E-state index in [-0.39, 0.29) is 11.7 Å². The quantitative estimate of drug-likeness (QED) is 0.417. The van der Waals surface area contributed by atoms with Crippen LogP contribution >= 0.6 is 11.3 Å². The number of ether oxygens (including phenoxy) is 2. The predicted molar refractivity (Wildman–Crippen MR) is 120 cm³/mol. The molecule has 2 aromatic carbocycles. The summed E-state index contributed by atoms with van der Waals surface area (Å²) in [5.41, 5.74) is 0.847. The van der Waals surface area contributed by atoms with Crippen LogP contribution in [-0.2, 0) is 0 Å². The van der Waals surface area contributed by atoms with Gasteiger partial charge in [0.2, 0.25) is 5.82 Å². The summed E-state index contributed by atoms with van der Waals surface area (Å²) in [5.74, 6) is 1.81. The van der Waals surface area contributed by atoms with Gasteiger partial charge in [-0.3, -0.25) is 4.79 Å². The van der Waals surface area contributed by atoms with E-state index in [0.29, 0.717) is 30.5 Å². The van der Waals surface area contributed by atoms with Crippen LogP contribution in [0.5, 0.6) is 11.5 Å². The van der Waals surface area contributed by atoms with Crippen LogP contribution < -0.4 is 9.47 Å². The Hall–Kier alpha value is -3.65. The highest BCUT2D eigenvalue weighted by Gasteiger charge is 2.22. The van der Waals surface area contributed by atoms with E-state index in [2.05, 4.69) is 10.1 Å². The van der Waals surface area contributed by atoms with Crippen LogP contribution in [-0.4, -0.2) is 52.9 Å². The zero-order valence-corrected chi connectivity index (χ0v) is 18.1. The van der Waals surface area contributed by atoms with Gasteiger partial charge in [0, 0.05) is 7.05 Å². The highest BCUT2D eigenvalue weighted by Crippen LogP contribution is 2.27. The predicted octanol–water partition coefficient (Wildman–Crippen LogP) is 4.16. The van der Waals surface area contributed by atoms with Gasteiger partial charge < -0.3 is 14.4 Å². The number of aromatic nitrogens is 3. The molecule has 0 bridgehead atoms. The number of likely N-dealkylation sites (N-methyl/N-ethyl adjacent to an activating group) is 1. The molecule has 0 atom stereocenters. The number of para-hydroxylation sites is 3. The van der Waals surface area contributed by atoms with Crippen LogP contribution in [0.25, 0.3) is 16.4 Å². The molecule has 0 spiro atoms. The van der Waals surface area contributed by atoms with Crippen LogP contribution in [0.1, 0.15) is 10.6 Å². The van der Waals surface area contributed by atoms with Crippen LogP contribution in [0.4, 0.5) is 0 Å². The zero-order chi connectivity index (χ0) is 21.6. The fourth-order valence-electron chi connectivity index (χ4n) is 3.02. The molecule has 2 heterocycles. The second-order valence-corrected chi connectivity index (χ2v) is 7.66. The zero-order valence-electron chi connectivity index (χ0n) is 17.3. The minimum Gasteiger partial charge on any atom is -0.493 e. The number of benzene rings is 2. The van der Waals surface area contributed by atoms with Gasteiger partial charge in [-0.25, -0.2) is 9.67 Å². The second kappa shape index (κ2) is 9.44. The molecule has 158 valence electrons. The number of methoxy groups -OCH3 is 1. The Kier molecular flexibility index (Phi) is 6.28. The first-order valence-electron chi connectivity index (χ1n) is 9.75. The summed E-state index contributed by atoms with van der Waals surface area (Å²) in [6, 6.07) is 21.0. The molecule has 31 heavy (non-hydrogen) atoms. The van der Waals surface area contributed by atoms with E-state index < -0.39 is 0 Å². The number of rotatable bonds is 8. The van der Waals surface area contributed by atoms with Crippen LogP contribution in [0, 0.1) is 0 Å². The fraction of sp³-hybridized carbons (Fsp3) is 0.174. The molecular formula is C23H22N4O3S. The summed E-state index contributed by atoms with van der Waals surface area (Å²) in [6.45, 7) is 0.699. The topological polar surface area (TPSA) is 69.5 Å². The number of hydrogen-bond acceptors (Lipinski definition) is 6. The van der Waals surface area contributed by atoms with E-state index >= 15 is 0 Å². The van der Waals surface area contributed by atoms with Gasteiger partial charge in [-0.15, -0.1) is 16.4 Å². The molecule has 4 aromatic rings. The lowest BCUT2D eigenvalue weighted by atomic mass is 10.3. The molecule has 0 saturated carbocycles. The van der Waals surface area contributed by atoms with E-state index in [1.807, 2.05) is 72.1 Å². The van der Waals surface area contributed by atoms with E-state index in [4.69, 9.17) is 9.47 Å². The number of hydrogen-bond donors (Lipinski definition) is 0. The summed E-state index contributed by atoms with van der Waals surface area (Å²) in [7, 11) is 3.31. The third-order valence-electron chi connectivity index (χ3n) is 4.64. The lowest BCUT2D eigenvalue weighted by Gasteiger charge is -2.16. The van der Waals surface area contributed by atoms with Crippen molar-refractivity contribution in [1.29, 1.82) is 0 Å². The second-order valence-electron chi connectivity index (χ2n) is 6.71. The molecule has 0 aliphatic rings. The number of carbonyl (C=O) groups excluding carboxylic acids is 1. The minimum absolute atomic E-state index is 0.145. The molecule has 0 aliphatic carbocycles. The van der Waals surface area contributed by atoms with Gasteiger partial charge in [-0.2, -0.15) is 0 Å². The summed E-state index contributed by atoms with van der Waals surface area (Å²) in [6.07, 6.45) is 0. The van der Waals surface area contributed by atoms with E-state index in [1.54, 1.807) is 35.1 Å². The molecule has 0 N–H and O–H groups in total. The maximum absolute atomic E-state index is 13.0. The molecule has 0 aliphatic heterocycles. The Morgan fingerprint density at radius 2 is 1.77 bits per heavy atom. The van der Waals surface area contributed by atoms with Crippen molar-refractivity contribution >= 4 is 17.2 Å². The molecule has 0 saturated heterocycles. The Balaban J connectivity index is 1.50. The van der Waals surface area contributed by atoms with Crippen LogP contribution in [0.15, 0.2) is 72.1 Å². The van der Waals surface area contributed by atoms with Gasteiger partial charge in [0.15, 0.2) is 17.3 Å². The van der Waals surface area contributed by atoms with Crippen LogP contribution in [0.2, 0.25) is 0 Å². The van der Waals surface area contributed by atoms with Crippen molar-refractivity contribution in [1.82, 2.24) is 19.7 Å². The van der Waals surface area contributed by atoms with Crippen molar-refractivity contribution < 1.29 is 14.3 Å². The molecule has 0 unspecified atom stereocenters. The molecule has 4 rings (SSSR count). The Morgan fingerprint density at radius 1 is 1.03 bits per heavy atom. The van der Waals surface area contributed by atoms with Gasteiger partial charge >= 0.3 is 0 Å². The first kappa shape index (κ1) is 20.6. The molecular weight excluding hydrogens is 412 g/mol. The van der Waals surface area contributed by atoms with E-state index in [0.717, 1.165) is 10.6 Å². The number of nitrogens with zero attached hydrogens (tertiary/aromatic N) is 4. The van der Waals surface area contributed by atoms with E-state index in [9.17, 15) is 4.79 Å². The molecule has 1 amide bonds. The highest BCUT2D eigenvalue weighted by molar-refractivity contribution is 7.13. The molecule has 7 nitrogen and oxygen atoms in total. The van der Waals surface area contributed by atoms with Crippen molar-refractivity contribution in [2.75, 3.05) is 27.3 Å². The number of carbonyl (C=O) groups is 1. The van der Waals surface area contributed by atoms with Crippen molar-refractivity contribution in [2.24, 2.45) is 0 Å². The SMILES string of the molecule is COc1ccccc1OCCN(C)C(=O)c1nc(-c2cccs2)n(-c2ccccc2)n1. The van der Waals surface area contributed by atoms with Crippen LogP contribution in [0.3, 0.4) is 0 Å². The standard InChI is InChI=1S/C23H22N4O3S/c1-26(14-15-30-19-12-7-6-11-18(19)29-2)23(28)21-24-22(20-13-8-16-31-20)27(25-21)17-9-4-3-5-10-17/h3-13,16H,14-15H2,1-2H3. The summed E-state index contributed by atoms with van der Waals surface area (Å²) in [5, 5.41) is 6.49. The van der Waals surface area contributed by atoms with Gasteiger partial charge in [0.05, 0.1) is 24.2 Å². The van der Waals surface area contributed by atoms with Gasteiger partial charge in [0.25, 0.3) is 5.91 Å². The maximum Gasteiger partial charge on any atom is 0.293 e. The van der Waals surface area contributed by atoms with Crippen molar-refractivity contribution in [3.63, 3.8) is 0 Å². The maximum atomic E-state index is 13.0. The van der Waals surface area contributed by atoms with Gasteiger partial charge in [-0.05, 0) is 35.7 Å². The summed E-state index contributed by atoms with van der Waals surface area (Å²) in [4.78, 5) is 20.0. The Labute approximate surface area is 184 Å². The molecule has 0 fully saturated rings. The average molecular weight is 435 g/mol.